The number of hydrogen-bond donors (Lipinski definition) is 5. The van der Waals surface area contributed by atoms with E-state index in [1.54, 1.807) is 12.1 Å². The van der Waals surface area contributed by atoms with E-state index in [-0.39, 0.29) is 33.6 Å². The van der Waals surface area contributed by atoms with Crippen molar-refractivity contribution in [3.05, 3.63) is 92.0 Å². The molecule has 0 fully saturated rings. The van der Waals surface area contributed by atoms with Gasteiger partial charge in [0, 0.05) is 52.9 Å². The first-order chi connectivity index (χ1) is 18.0. The van der Waals surface area contributed by atoms with Crippen LogP contribution in [0.1, 0.15) is 55.5 Å². The number of nitrogens with one attached hydrogen (secondary N) is 1. The fourth-order valence-corrected chi connectivity index (χ4v) is 4.91. The SMILES string of the molecule is O=C(Nc1ccc([N+](=O)[O-])cc1)OCC1(O)Cc2c(O)c3c(c(O)c2[C@@H](O)C1)C(=O)c1ccccc1C3=O. The molecule has 0 bridgehead atoms. The van der Waals surface area contributed by atoms with Gasteiger partial charge in [-0.05, 0) is 12.1 Å². The third-order valence-corrected chi connectivity index (χ3v) is 6.67. The van der Waals surface area contributed by atoms with E-state index in [1.807, 2.05) is 0 Å². The number of aliphatic hydroxyl groups is 2. The summed E-state index contributed by atoms with van der Waals surface area (Å²) >= 11 is 0. The molecular formula is C26H20N2O10. The zero-order chi connectivity index (χ0) is 27.4. The molecule has 3 aromatic carbocycles. The predicted molar refractivity (Wildman–Crippen MR) is 129 cm³/mol. The van der Waals surface area contributed by atoms with Crippen LogP contribution < -0.4 is 5.32 Å². The highest BCUT2D eigenvalue weighted by Gasteiger charge is 2.45. The molecule has 2 aliphatic rings. The maximum atomic E-state index is 13.1. The summed E-state index contributed by atoms with van der Waals surface area (Å²) in [5.41, 5.74) is -3.00. The largest absolute Gasteiger partial charge is 0.507 e. The van der Waals surface area contributed by atoms with Crippen molar-refractivity contribution in [1.82, 2.24) is 0 Å². The molecule has 0 spiro atoms. The van der Waals surface area contributed by atoms with E-state index in [9.17, 15) is 44.9 Å². The Bertz CT molecular complexity index is 1530. The van der Waals surface area contributed by atoms with Crippen LogP contribution in [0.3, 0.4) is 0 Å². The number of nitro groups is 1. The van der Waals surface area contributed by atoms with Crippen molar-refractivity contribution in [2.24, 2.45) is 0 Å². The van der Waals surface area contributed by atoms with Crippen LogP contribution in [-0.2, 0) is 11.2 Å². The van der Waals surface area contributed by atoms with Gasteiger partial charge in [0.15, 0.2) is 11.6 Å². The lowest BCUT2D eigenvalue weighted by atomic mass is 9.73. The molecule has 2 atom stereocenters. The summed E-state index contributed by atoms with van der Waals surface area (Å²) in [7, 11) is 0. The van der Waals surface area contributed by atoms with E-state index in [0.717, 1.165) is 0 Å². The Morgan fingerprint density at radius 3 is 2.18 bits per heavy atom. The maximum absolute atomic E-state index is 13.1. The van der Waals surface area contributed by atoms with Crippen LogP contribution in [-0.4, -0.2) is 55.2 Å². The van der Waals surface area contributed by atoms with Crippen LogP contribution >= 0.6 is 0 Å². The first kappa shape index (κ1) is 24.9. The number of nitrogens with zero attached hydrogens (tertiary/aromatic N) is 1. The average molecular weight is 520 g/mol. The van der Waals surface area contributed by atoms with E-state index in [2.05, 4.69) is 5.32 Å². The molecule has 194 valence electrons. The first-order valence-corrected chi connectivity index (χ1v) is 11.4. The standard InChI is InChI=1S/C26H20N2O10/c29-17-10-26(35,11-38-25(34)27-12-5-7-13(8-6-12)28(36)37)9-16-18(17)24(33)20-19(23(16)32)21(30)14-3-1-2-4-15(14)22(20)31/h1-8,17,29,32-33,35H,9-11H2,(H,27,34)/t17-,26?/m0/s1. The van der Waals surface area contributed by atoms with Crippen molar-refractivity contribution < 1.29 is 44.5 Å². The third kappa shape index (κ3) is 4.01. The normalized spacial score (nSPS) is 19.7. The zero-order valence-electron chi connectivity index (χ0n) is 19.5. The monoisotopic (exact) mass is 520 g/mol. The Morgan fingerprint density at radius 1 is 1.03 bits per heavy atom. The maximum Gasteiger partial charge on any atom is 0.411 e. The van der Waals surface area contributed by atoms with E-state index in [4.69, 9.17) is 4.74 Å². The van der Waals surface area contributed by atoms with Crippen molar-refractivity contribution in [3.63, 3.8) is 0 Å². The van der Waals surface area contributed by atoms with Crippen LogP contribution in [0.5, 0.6) is 11.5 Å². The highest BCUT2D eigenvalue weighted by atomic mass is 16.6. The number of fused-ring (bicyclic) bond motifs is 3. The number of nitro benzene ring substituents is 1. The number of aromatic hydroxyl groups is 2. The lowest BCUT2D eigenvalue weighted by Crippen LogP contribution is -2.43. The molecule has 0 radical (unpaired) electrons. The summed E-state index contributed by atoms with van der Waals surface area (Å²) < 4.78 is 5.09. The fraction of sp³-hybridized carbons (Fsp3) is 0.192. The molecule has 0 aromatic heterocycles. The van der Waals surface area contributed by atoms with E-state index in [1.165, 1.54) is 36.4 Å². The lowest BCUT2D eigenvalue weighted by Gasteiger charge is -2.37. The summed E-state index contributed by atoms with van der Waals surface area (Å²) in [4.78, 5) is 48.6. The molecule has 5 N–H and O–H groups in total. The number of hydrogen-bond acceptors (Lipinski definition) is 10. The Morgan fingerprint density at radius 2 is 1.61 bits per heavy atom. The van der Waals surface area contributed by atoms with Gasteiger partial charge in [0.05, 0.1) is 22.2 Å². The Kier molecular flexibility index (Phi) is 5.85. The van der Waals surface area contributed by atoms with Crippen LogP contribution in [0.2, 0.25) is 0 Å². The molecular weight excluding hydrogens is 500 g/mol. The minimum Gasteiger partial charge on any atom is -0.507 e. The lowest BCUT2D eigenvalue weighted by molar-refractivity contribution is -0.384. The van der Waals surface area contributed by atoms with Gasteiger partial charge in [-0.1, -0.05) is 24.3 Å². The number of ether oxygens (including phenoxy) is 1. The number of carbonyl (C=O) groups is 3. The number of rotatable bonds is 4. The van der Waals surface area contributed by atoms with Gasteiger partial charge in [-0.3, -0.25) is 25.0 Å². The fourth-order valence-electron chi connectivity index (χ4n) is 4.91. The number of carbonyl (C=O) groups excluding carboxylic acids is 3. The van der Waals surface area contributed by atoms with Crippen molar-refractivity contribution >= 4 is 29.0 Å². The van der Waals surface area contributed by atoms with E-state index >= 15 is 0 Å². The van der Waals surface area contributed by atoms with Gasteiger partial charge in [0.1, 0.15) is 23.7 Å². The van der Waals surface area contributed by atoms with Crippen LogP contribution in [0.25, 0.3) is 0 Å². The second kappa shape index (κ2) is 8.94. The van der Waals surface area contributed by atoms with Crippen molar-refractivity contribution in [1.29, 1.82) is 0 Å². The predicted octanol–water partition coefficient (Wildman–Crippen LogP) is 2.74. The zero-order valence-corrected chi connectivity index (χ0v) is 19.5. The van der Waals surface area contributed by atoms with Crippen LogP contribution in [0, 0.1) is 10.1 Å². The molecule has 5 rings (SSSR count). The summed E-state index contributed by atoms with van der Waals surface area (Å²) in [6.07, 6.45) is -3.40. The second-order valence-electron chi connectivity index (χ2n) is 9.17. The van der Waals surface area contributed by atoms with Gasteiger partial charge >= 0.3 is 6.09 Å². The summed E-state index contributed by atoms with van der Waals surface area (Å²) in [5, 5.41) is 57.0. The van der Waals surface area contributed by atoms with Gasteiger partial charge in [0.2, 0.25) is 0 Å². The molecule has 0 saturated heterocycles. The summed E-state index contributed by atoms with van der Waals surface area (Å²) in [5.74, 6) is -2.71. The molecule has 3 aromatic rings. The van der Waals surface area contributed by atoms with Crippen LogP contribution in [0.4, 0.5) is 16.2 Å². The Labute approximate surface area is 213 Å². The number of aliphatic hydroxyl groups excluding tert-OH is 1. The minimum atomic E-state index is -1.91. The molecule has 0 saturated carbocycles. The molecule has 12 heteroatoms. The average Bonchev–Trinajstić information content (AvgIpc) is 2.88. The Hall–Kier alpha value is -4.81. The molecule has 1 unspecified atom stereocenters. The molecule has 0 heterocycles. The number of phenols is 2. The number of amides is 1. The van der Waals surface area contributed by atoms with Crippen molar-refractivity contribution in [3.8, 4) is 11.5 Å². The second-order valence-corrected chi connectivity index (χ2v) is 9.17. The summed E-state index contributed by atoms with van der Waals surface area (Å²) in [6.45, 7) is -0.644. The topological polar surface area (TPSA) is 197 Å². The molecule has 12 nitrogen and oxygen atoms in total. The number of ketones is 2. The van der Waals surface area contributed by atoms with Gasteiger partial charge < -0.3 is 25.2 Å². The molecule has 2 aliphatic carbocycles. The Balaban J connectivity index is 1.40. The first-order valence-electron chi connectivity index (χ1n) is 11.4. The minimum absolute atomic E-state index is 0.0394. The van der Waals surface area contributed by atoms with Crippen molar-refractivity contribution in [2.75, 3.05) is 11.9 Å². The number of anilines is 1. The number of phenolic OH excluding ortho intramolecular Hbond substituents is 2. The number of non-ortho nitro benzene ring substituents is 1. The van der Waals surface area contributed by atoms with Gasteiger partial charge in [-0.15, -0.1) is 0 Å². The number of benzene rings is 3. The molecule has 0 aliphatic heterocycles. The third-order valence-electron chi connectivity index (χ3n) is 6.67. The van der Waals surface area contributed by atoms with E-state index in [0.29, 0.717) is 0 Å². The molecule has 1 amide bonds. The van der Waals surface area contributed by atoms with Crippen molar-refractivity contribution in [2.45, 2.75) is 24.5 Å². The van der Waals surface area contributed by atoms with E-state index < -0.39 is 76.4 Å². The van der Waals surface area contributed by atoms with Gasteiger partial charge in [-0.2, -0.15) is 0 Å². The van der Waals surface area contributed by atoms with Gasteiger partial charge in [-0.25, -0.2) is 4.79 Å². The van der Waals surface area contributed by atoms with Gasteiger partial charge in [0.25, 0.3) is 5.69 Å². The summed E-state index contributed by atoms with van der Waals surface area (Å²) in [6, 6.07) is 10.9. The quantitative estimate of drug-likeness (QED) is 0.152. The molecule has 38 heavy (non-hydrogen) atoms. The highest BCUT2D eigenvalue weighted by molar-refractivity contribution is 6.30. The highest BCUT2D eigenvalue weighted by Crippen LogP contribution is 2.50. The smallest absolute Gasteiger partial charge is 0.411 e. The van der Waals surface area contributed by atoms with Crippen LogP contribution in [0.15, 0.2) is 48.5 Å².